The topological polar surface area (TPSA) is 232 Å². The van der Waals surface area contributed by atoms with E-state index in [1.807, 2.05) is 101 Å². The normalized spacial score (nSPS) is 20.7. The van der Waals surface area contributed by atoms with Gasteiger partial charge in [0.2, 0.25) is 11.8 Å². The molecule has 2 saturated carbocycles. The number of carbonyl (C=O) groups excluding carboxylic acids is 5. The largest absolute Gasteiger partial charge is 0.377 e. The smallest absolute Gasteiger partial charge is 0.272 e. The van der Waals surface area contributed by atoms with Crippen LogP contribution in [-0.2, 0) is 22.6 Å². The maximum Gasteiger partial charge on any atom is 0.272 e. The van der Waals surface area contributed by atoms with Crippen LogP contribution < -0.4 is 26.8 Å². The van der Waals surface area contributed by atoms with E-state index in [0.717, 1.165) is 215 Å². The van der Waals surface area contributed by atoms with Gasteiger partial charge in [-0.25, -0.2) is 5.10 Å². The Bertz CT molecular complexity index is 7010. The summed E-state index contributed by atoms with van der Waals surface area (Å²) in [5.41, 5.74) is 29.1. The highest BCUT2D eigenvalue weighted by Gasteiger charge is 2.45. The van der Waals surface area contributed by atoms with Crippen LogP contribution in [0.1, 0.15) is 207 Å². The fraction of sp³-hybridized carbons (Fsp3) is 0.265. The summed E-state index contributed by atoms with van der Waals surface area (Å²) >= 11 is 0. The van der Waals surface area contributed by atoms with E-state index in [2.05, 4.69) is 281 Å². The number of anilines is 4. The number of benzene rings is 12. The molecule has 11 aliphatic rings. The number of nitrogens with one attached hydrogen (secondary N) is 5. The van der Waals surface area contributed by atoms with Gasteiger partial charge in [0.15, 0.2) is 17.3 Å². The van der Waals surface area contributed by atoms with Crippen LogP contribution in [0.25, 0.3) is 22.2 Å². The second-order valence-corrected chi connectivity index (χ2v) is 38.1. The Morgan fingerprint density at radius 1 is 0.365 bits per heavy atom. The minimum absolute atomic E-state index is 0.00215. The molecule has 2 saturated heterocycles. The number of amides is 2. The highest BCUT2D eigenvalue weighted by Crippen LogP contribution is 2.52. The van der Waals surface area contributed by atoms with Crippen molar-refractivity contribution in [3.05, 3.63) is 421 Å². The van der Waals surface area contributed by atoms with Crippen LogP contribution >= 0.6 is 0 Å². The third-order valence-corrected chi connectivity index (χ3v) is 28.9. The lowest BCUT2D eigenvalue weighted by Crippen LogP contribution is -2.48. The van der Waals surface area contributed by atoms with Gasteiger partial charge in [0.05, 0.1) is 76.1 Å². The second-order valence-electron chi connectivity index (χ2n) is 38.1. The first kappa shape index (κ1) is 88.6. The second kappa shape index (κ2) is 38.4. The predicted octanol–water partition coefficient (Wildman–Crippen LogP) is 20.2. The fourth-order valence-electron chi connectivity index (χ4n) is 21.8. The Kier molecular flexibility index (Phi) is 24.8. The standard InChI is InChI=1S/2C33H32N4O2.C26H25N3O.C25H23N3O/c1-21(36-15-17-37(18-16-36)33(39)23-13-14-23)24-9-5-10-25(19-24)29-31(22-7-3-2-4-8-22)35-27-12-6-11-26-28(38)20-34-32(29)30(26)27;1-21(36-16-18-37(19-17-36)33(39)25-14-15-25)22-10-12-23(13-11-22)29-31(24-6-3-2-4-7-24)35-27-9-5-8-26-28(38)20-34-32(29)30(26)27;1-29(2)16-17-8-6-11-19(14-17)23-25(18-9-4-3-5-10-18)28-21-13-7-12-20-22(30)15-27-26(23)24(20)21;1-2-8-16-9-6-12-18(15-16)23-21(17-10-4-3-5-11-17)24-22-19(25(29)28-27-24)13-7-14-20(22)26-23/h2-12,19,23,29,31,35H,1,13-18,20H2;2-13,25,29,31,35H,1,14-20H2;3-14,23,25,28H,15-16H2,1-2H3;3-7,9-15,21,23,26H,2,8H2,1H3,(H,28,29). The van der Waals surface area contributed by atoms with Crippen molar-refractivity contribution in [2.45, 2.75) is 99.8 Å². The number of aryl methyl sites for hydroxylation is 1. The summed E-state index contributed by atoms with van der Waals surface area (Å²) in [6.07, 6.45) is 6.38. The lowest BCUT2D eigenvalue weighted by atomic mass is 9.75. The van der Waals surface area contributed by atoms with E-state index in [1.165, 1.54) is 44.5 Å². The van der Waals surface area contributed by atoms with Crippen LogP contribution in [0.15, 0.2) is 324 Å². The molecule has 9 aliphatic heterocycles. The van der Waals surface area contributed by atoms with E-state index >= 15 is 0 Å². The number of aliphatic imine (C=N–C) groups is 3. The molecule has 8 unspecified atom stereocenters. The summed E-state index contributed by atoms with van der Waals surface area (Å²) in [7, 11) is 4.17. The molecule has 2 aliphatic carbocycles. The molecule has 0 spiro atoms. The van der Waals surface area contributed by atoms with Crippen LogP contribution in [0.4, 0.5) is 22.7 Å². The number of rotatable bonds is 18. The Hall–Kier alpha value is -15.0. The third-order valence-electron chi connectivity index (χ3n) is 28.9. The quantitative estimate of drug-likeness (QED) is 0.0538. The summed E-state index contributed by atoms with van der Waals surface area (Å²) in [5, 5.41) is 23.9. The Balaban J connectivity index is 0.000000110. The van der Waals surface area contributed by atoms with Gasteiger partial charge in [-0.1, -0.05) is 281 Å². The number of carbonyl (C=O) groups is 5. The van der Waals surface area contributed by atoms with Crippen LogP contribution in [0.3, 0.4) is 0 Å². The highest BCUT2D eigenvalue weighted by atomic mass is 16.2. The molecule has 1 aromatic heterocycles. The molecule has 13 aromatic rings. The number of aromatic amines is 1. The molecule has 12 aromatic carbocycles. The van der Waals surface area contributed by atoms with Gasteiger partial charge in [0, 0.05) is 144 Å². The summed E-state index contributed by atoms with van der Waals surface area (Å²) in [5.74, 6) is 1.37. The van der Waals surface area contributed by atoms with Gasteiger partial charge in [0.25, 0.3) is 5.56 Å². The maximum atomic E-state index is 12.8. The number of hydrogen-bond donors (Lipinski definition) is 5. The molecule has 4 fully saturated rings. The average Bonchev–Trinajstić information content (AvgIpc) is 0.993. The first-order valence-corrected chi connectivity index (χ1v) is 48.4. The van der Waals surface area contributed by atoms with Gasteiger partial charge in [-0.2, -0.15) is 5.10 Å². The van der Waals surface area contributed by atoms with Crippen molar-refractivity contribution in [2.75, 3.05) is 107 Å². The van der Waals surface area contributed by atoms with Crippen molar-refractivity contribution < 1.29 is 24.0 Å². The van der Waals surface area contributed by atoms with E-state index < -0.39 is 0 Å². The van der Waals surface area contributed by atoms with E-state index in [1.54, 1.807) is 0 Å². The molecule has 10 heterocycles. The molecule has 0 radical (unpaired) electrons. The van der Waals surface area contributed by atoms with Crippen LogP contribution in [-0.4, -0.2) is 167 Å². The van der Waals surface area contributed by atoms with Crippen LogP contribution in [0, 0.1) is 11.8 Å². The number of H-pyrrole nitrogens is 1. The van der Waals surface area contributed by atoms with Crippen molar-refractivity contribution in [3.63, 3.8) is 0 Å². The van der Waals surface area contributed by atoms with Gasteiger partial charge in [-0.3, -0.25) is 43.7 Å². The Morgan fingerprint density at radius 3 is 1.19 bits per heavy atom. The minimum atomic E-state index is -0.150. The van der Waals surface area contributed by atoms with E-state index in [9.17, 15) is 28.8 Å². The zero-order chi connectivity index (χ0) is 93.5. The summed E-state index contributed by atoms with van der Waals surface area (Å²) < 4.78 is 0. The average molecular weight is 1810 g/mol. The monoisotopic (exact) mass is 1810 g/mol. The summed E-state index contributed by atoms with van der Waals surface area (Å²) in [6, 6.07) is 100. The van der Waals surface area contributed by atoms with Crippen molar-refractivity contribution in [1.29, 1.82) is 0 Å². The first-order valence-electron chi connectivity index (χ1n) is 48.4. The number of aromatic nitrogens is 2. The molecule has 686 valence electrons. The number of hydrogen-bond acceptors (Lipinski definition) is 17. The van der Waals surface area contributed by atoms with Crippen molar-refractivity contribution in [2.24, 2.45) is 26.8 Å². The minimum Gasteiger partial charge on any atom is -0.377 e. The third kappa shape index (κ3) is 17.8. The molecule has 137 heavy (non-hydrogen) atoms. The summed E-state index contributed by atoms with van der Waals surface area (Å²) in [6.45, 7) is 18.8. The maximum absolute atomic E-state index is 12.8. The molecular weight excluding hydrogens is 1700 g/mol. The van der Waals surface area contributed by atoms with Gasteiger partial charge in [-0.15, -0.1) is 0 Å². The van der Waals surface area contributed by atoms with Crippen molar-refractivity contribution >= 4 is 91.2 Å². The van der Waals surface area contributed by atoms with E-state index in [4.69, 9.17) is 15.0 Å². The lowest BCUT2D eigenvalue weighted by Gasteiger charge is -2.39. The molecule has 0 bridgehead atoms. The number of Topliss-reactive ketones (excluding diaryl/α,β-unsaturated/α-hetero) is 3. The molecule has 8 atom stereocenters. The Morgan fingerprint density at radius 2 is 0.730 bits per heavy atom. The van der Waals surface area contributed by atoms with Gasteiger partial charge in [-0.05, 0) is 149 Å². The highest BCUT2D eigenvalue weighted by molar-refractivity contribution is 6.24. The SMILES string of the molecule is C=C(c1ccc(C2C3=NCC(=O)c4cccc(c43)NC2c2ccccc2)cc1)N1CCN(C(=O)C2CC2)CC1.C=C(c1cccc(C2C3=NCC(=O)c4cccc(c43)NC2c2ccccc2)c1)N1CCN(C(=O)C2CC2)CC1.CCCc1cccc(C2Nc3cccc4c(=O)[nH]nc(c34)C2c2ccccc2)c1.CN(C)Cc1cccc(C2C3=NCC(=O)c4cccc(c43)NC2c2ccccc2)c1. The molecule has 20 nitrogen and oxygen atoms in total. The van der Waals surface area contributed by atoms with Crippen LogP contribution in [0.5, 0.6) is 0 Å². The van der Waals surface area contributed by atoms with Crippen molar-refractivity contribution in [3.8, 4) is 0 Å². The van der Waals surface area contributed by atoms with E-state index in [-0.39, 0.29) is 102 Å². The van der Waals surface area contributed by atoms with Gasteiger partial charge >= 0.3 is 0 Å². The molecule has 2 amide bonds. The zero-order valence-corrected chi connectivity index (χ0v) is 77.6. The number of piperazine rings is 2. The van der Waals surface area contributed by atoms with Crippen LogP contribution in [0.2, 0.25) is 0 Å². The first-order chi connectivity index (χ1) is 67.0. The number of nitrogens with zero attached hydrogens (tertiary/aromatic N) is 9. The molecule has 5 N–H and O–H groups in total. The predicted molar refractivity (Wildman–Crippen MR) is 547 cm³/mol. The lowest BCUT2D eigenvalue weighted by molar-refractivity contribution is -0.134. The van der Waals surface area contributed by atoms with Gasteiger partial charge < -0.3 is 45.8 Å². The number of ketones is 3. The molecular formula is C117H112N14O6. The fourth-order valence-corrected chi connectivity index (χ4v) is 21.8. The summed E-state index contributed by atoms with van der Waals surface area (Å²) in [4.78, 5) is 101. The molecule has 20 heteroatoms. The molecule has 24 rings (SSSR count). The van der Waals surface area contributed by atoms with Crippen molar-refractivity contribution in [1.82, 2.24) is 34.7 Å². The van der Waals surface area contributed by atoms with Gasteiger partial charge in [0.1, 0.15) is 19.6 Å². The van der Waals surface area contributed by atoms with E-state index in [0.29, 0.717) is 17.2 Å². The zero-order valence-electron chi connectivity index (χ0n) is 77.6. The Labute approximate surface area is 799 Å².